The van der Waals surface area contributed by atoms with Crippen molar-refractivity contribution in [3.05, 3.63) is 40.5 Å². The molecule has 0 aliphatic carbocycles. The normalized spacial score (nSPS) is 20.2. The molecule has 0 bridgehead atoms. The number of hydrogen-bond acceptors (Lipinski definition) is 4. The first kappa shape index (κ1) is 14.1. The zero-order chi connectivity index (χ0) is 15.0. The highest BCUT2D eigenvalue weighted by Crippen LogP contribution is 2.28. The third-order valence-corrected chi connectivity index (χ3v) is 4.11. The van der Waals surface area contributed by atoms with Gasteiger partial charge in [-0.05, 0) is 24.7 Å². The molecule has 0 unspecified atom stereocenters. The molecule has 1 aromatic carbocycles. The molecule has 5 nitrogen and oxygen atoms in total. The van der Waals surface area contributed by atoms with Crippen LogP contribution in [-0.4, -0.2) is 54.8 Å². The number of halogens is 1. The Morgan fingerprint density at radius 1 is 1.00 bits per heavy atom. The van der Waals surface area contributed by atoms with E-state index in [1.807, 2.05) is 11.9 Å². The van der Waals surface area contributed by atoms with Crippen molar-refractivity contribution >= 4 is 29.0 Å². The number of piperazine rings is 1. The van der Waals surface area contributed by atoms with Crippen LogP contribution in [0.3, 0.4) is 0 Å². The second kappa shape index (κ2) is 5.50. The minimum Gasteiger partial charge on any atom is -0.364 e. The number of carbonyl (C=O) groups excluding carboxylic acids is 2. The van der Waals surface area contributed by atoms with Crippen molar-refractivity contribution in [1.29, 1.82) is 0 Å². The molecule has 0 saturated carbocycles. The van der Waals surface area contributed by atoms with Gasteiger partial charge in [0.2, 0.25) is 0 Å². The van der Waals surface area contributed by atoms with Crippen molar-refractivity contribution in [3.8, 4) is 0 Å². The number of nitrogens with zero attached hydrogens (tertiary/aromatic N) is 2. The van der Waals surface area contributed by atoms with Crippen LogP contribution in [0.4, 0.5) is 0 Å². The zero-order valence-electron chi connectivity index (χ0n) is 11.7. The van der Waals surface area contributed by atoms with Gasteiger partial charge < -0.3 is 9.80 Å². The quantitative estimate of drug-likeness (QED) is 0.827. The largest absolute Gasteiger partial charge is 0.364 e. The average Bonchev–Trinajstić information content (AvgIpc) is 2.75. The summed E-state index contributed by atoms with van der Waals surface area (Å²) >= 11 is 5.89. The molecule has 0 aromatic heterocycles. The van der Waals surface area contributed by atoms with E-state index < -0.39 is 0 Å². The highest BCUT2D eigenvalue weighted by molar-refractivity contribution is 6.36. The molecule has 1 fully saturated rings. The summed E-state index contributed by atoms with van der Waals surface area (Å²) in [6.07, 6.45) is 0. The molecule has 21 heavy (non-hydrogen) atoms. The Labute approximate surface area is 128 Å². The maximum atomic E-state index is 12.1. The van der Waals surface area contributed by atoms with Crippen LogP contribution in [0, 0.1) is 0 Å². The molecule has 1 aromatic rings. The van der Waals surface area contributed by atoms with Gasteiger partial charge in [0.15, 0.2) is 0 Å². The topological polar surface area (TPSA) is 52.6 Å². The third kappa shape index (κ3) is 2.66. The number of nitrogens with one attached hydrogen (secondary N) is 1. The number of imide groups is 1. The molecular weight excluding hydrogens is 290 g/mol. The van der Waals surface area contributed by atoms with Crippen LogP contribution in [0.1, 0.15) is 5.56 Å². The van der Waals surface area contributed by atoms with Crippen LogP contribution in [0.2, 0.25) is 5.02 Å². The third-order valence-electron chi connectivity index (χ3n) is 3.86. The minimum absolute atomic E-state index is 0.311. The van der Waals surface area contributed by atoms with Crippen LogP contribution in [0.15, 0.2) is 30.0 Å². The maximum Gasteiger partial charge on any atom is 0.275 e. The molecule has 0 spiro atoms. The van der Waals surface area contributed by atoms with Crippen LogP contribution >= 0.6 is 11.6 Å². The lowest BCUT2D eigenvalue weighted by molar-refractivity contribution is -0.124. The van der Waals surface area contributed by atoms with Crippen molar-refractivity contribution in [2.24, 2.45) is 0 Å². The maximum absolute atomic E-state index is 12.1. The van der Waals surface area contributed by atoms with Gasteiger partial charge in [-0.1, -0.05) is 23.7 Å². The second-order valence-corrected chi connectivity index (χ2v) is 5.74. The molecule has 3 rings (SSSR count). The number of hydrogen-bond donors (Lipinski definition) is 1. The van der Waals surface area contributed by atoms with Crippen molar-refractivity contribution < 1.29 is 9.59 Å². The van der Waals surface area contributed by atoms with E-state index in [9.17, 15) is 9.59 Å². The molecule has 6 heteroatoms. The summed E-state index contributed by atoms with van der Waals surface area (Å²) in [4.78, 5) is 28.5. The molecule has 110 valence electrons. The lowest BCUT2D eigenvalue weighted by Gasteiger charge is -2.34. The second-order valence-electron chi connectivity index (χ2n) is 5.30. The smallest absolute Gasteiger partial charge is 0.275 e. The molecule has 2 amide bonds. The van der Waals surface area contributed by atoms with E-state index in [0.29, 0.717) is 16.3 Å². The van der Waals surface area contributed by atoms with Gasteiger partial charge in [0.05, 0.1) is 5.57 Å². The van der Waals surface area contributed by atoms with Crippen molar-refractivity contribution in [2.75, 3.05) is 33.2 Å². The van der Waals surface area contributed by atoms with E-state index in [1.165, 1.54) is 0 Å². The van der Waals surface area contributed by atoms with E-state index in [2.05, 4.69) is 10.2 Å². The minimum atomic E-state index is -0.337. The van der Waals surface area contributed by atoms with Crippen molar-refractivity contribution in [1.82, 2.24) is 15.1 Å². The summed E-state index contributed by atoms with van der Waals surface area (Å²) in [6, 6.07) is 6.99. The van der Waals surface area contributed by atoms with Gasteiger partial charge in [0.1, 0.15) is 5.70 Å². The summed E-state index contributed by atoms with van der Waals surface area (Å²) in [6.45, 7) is 3.23. The Bertz CT molecular complexity index is 616. The number of amides is 2. The Morgan fingerprint density at radius 3 is 2.24 bits per heavy atom. The lowest BCUT2D eigenvalue weighted by atomic mass is 10.0. The molecule has 2 aliphatic rings. The van der Waals surface area contributed by atoms with E-state index in [1.54, 1.807) is 24.3 Å². The fourth-order valence-corrected chi connectivity index (χ4v) is 2.79. The van der Waals surface area contributed by atoms with E-state index in [4.69, 9.17) is 11.6 Å². The summed E-state index contributed by atoms with van der Waals surface area (Å²) in [7, 11) is 2.05. The highest BCUT2D eigenvalue weighted by atomic mass is 35.5. The summed E-state index contributed by atoms with van der Waals surface area (Å²) in [5.41, 5.74) is 1.65. The first-order valence-corrected chi connectivity index (χ1v) is 7.23. The highest BCUT2D eigenvalue weighted by Gasteiger charge is 2.35. The van der Waals surface area contributed by atoms with E-state index >= 15 is 0 Å². The predicted octanol–water partition coefficient (Wildman–Crippen LogP) is 0.955. The fourth-order valence-electron chi connectivity index (χ4n) is 2.66. The van der Waals surface area contributed by atoms with Gasteiger partial charge in [-0.25, -0.2) is 0 Å². The van der Waals surface area contributed by atoms with Crippen LogP contribution in [0.25, 0.3) is 5.57 Å². The Hall–Kier alpha value is -1.85. The standard InChI is InChI=1S/C15H16ClN3O2/c1-18-6-8-19(9-7-18)13-12(14(20)17-15(13)21)10-2-4-11(16)5-3-10/h2-5H,6-9H2,1H3,(H,17,20,21). The molecule has 2 aliphatic heterocycles. The SMILES string of the molecule is CN1CCN(C2=C(c3ccc(Cl)cc3)C(=O)NC2=O)CC1. The van der Waals surface area contributed by atoms with E-state index in [-0.39, 0.29) is 11.8 Å². The monoisotopic (exact) mass is 305 g/mol. The predicted molar refractivity (Wildman–Crippen MR) is 80.6 cm³/mol. The van der Waals surface area contributed by atoms with Crippen LogP contribution in [0.5, 0.6) is 0 Å². The van der Waals surface area contributed by atoms with Crippen LogP contribution in [-0.2, 0) is 9.59 Å². The van der Waals surface area contributed by atoms with Crippen molar-refractivity contribution in [2.45, 2.75) is 0 Å². The molecule has 0 radical (unpaired) electrons. The van der Waals surface area contributed by atoms with E-state index in [0.717, 1.165) is 31.7 Å². The number of likely N-dealkylation sites (N-methyl/N-ethyl adjacent to an activating group) is 1. The molecule has 0 atom stereocenters. The Kier molecular flexibility index (Phi) is 3.69. The van der Waals surface area contributed by atoms with Gasteiger partial charge in [-0.2, -0.15) is 0 Å². The lowest BCUT2D eigenvalue weighted by Crippen LogP contribution is -2.45. The summed E-state index contributed by atoms with van der Waals surface area (Å²) in [5.74, 6) is -0.647. The molecular formula is C15H16ClN3O2. The first-order chi connectivity index (χ1) is 10.1. The molecule has 1 N–H and O–H groups in total. The number of benzene rings is 1. The molecule has 2 heterocycles. The molecule has 1 saturated heterocycles. The van der Waals surface area contributed by atoms with Crippen molar-refractivity contribution in [3.63, 3.8) is 0 Å². The summed E-state index contributed by atoms with van der Waals surface area (Å²) in [5, 5.41) is 3.00. The van der Waals surface area contributed by atoms with Crippen LogP contribution < -0.4 is 5.32 Å². The van der Waals surface area contributed by atoms with Gasteiger partial charge in [0.25, 0.3) is 11.8 Å². The zero-order valence-corrected chi connectivity index (χ0v) is 12.5. The average molecular weight is 306 g/mol. The number of rotatable bonds is 2. The Morgan fingerprint density at radius 2 is 1.62 bits per heavy atom. The first-order valence-electron chi connectivity index (χ1n) is 6.85. The van der Waals surface area contributed by atoms with Gasteiger partial charge in [-0.3, -0.25) is 14.9 Å². The summed E-state index contributed by atoms with van der Waals surface area (Å²) < 4.78 is 0. The van der Waals surface area contributed by atoms with Gasteiger partial charge in [0, 0.05) is 31.2 Å². The fraction of sp³-hybridized carbons (Fsp3) is 0.333. The number of carbonyl (C=O) groups is 2. The Balaban J connectivity index is 2.01. The van der Waals surface area contributed by atoms with Gasteiger partial charge in [-0.15, -0.1) is 0 Å². The van der Waals surface area contributed by atoms with Gasteiger partial charge >= 0.3 is 0 Å².